The number of piperazine rings is 2. The summed E-state index contributed by atoms with van der Waals surface area (Å²) >= 11 is 0. The fourth-order valence-electron chi connectivity index (χ4n) is 8.76. The van der Waals surface area contributed by atoms with Gasteiger partial charge in [-0.3, -0.25) is 9.59 Å². The molecule has 2 saturated carbocycles. The van der Waals surface area contributed by atoms with Crippen LogP contribution in [0, 0.1) is 23.0 Å². The van der Waals surface area contributed by atoms with E-state index in [2.05, 4.69) is 0 Å². The van der Waals surface area contributed by atoms with Crippen LogP contribution in [0.25, 0.3) is 0 Å². The van der Waals surface area contributed by atoms with Crippen LogP contribution in [0.15, 0.2) is 88.7 Å². The standard InChI is InChI=1S/C25H32FN3O5S.C24H27FN4O3S.C2H6/c1-18(30)27-11-13-28(14-12-27)21-8-7-19(23(26)15-21)17-29(20-5-4-6-20)35(31,32)25-10-9-22(33-2)16-24(25)34-3;1-18(30)27-10-12-28(13-11-27)22-9-8-20(24(25)15-22)17-29(21-5-3-6-21)33(31,32)23-7-2-4-19(14-23)16-26;1-2/h7-10,15-16,20H,4-6,11-14,17H2,1-3H3;2,4,7-9,14-15,21H,3,5-6,10-13,17H2,1H3;1-2H3. The molecule has 4 aromatic rings. The molecule has 15 nitrogen and oxygen atoms in total. The SMILES string of the molecule is CC.CC(=O)N1CCN(c2ccc(CN(C3CCC3)S(=O)(=O)c3cccc(C#N)c3)c(F)c2)CC1.COc1ccc(S(=O)(=O)N(Cc2ccc(N3CCN(C(C)=O)CC3)cc2F)C2CCC2)c(OC)c1. The van der Waals surface area contributed by atoms with Gasteiger partial charge < -0.3 is 29.1 Å². The smallest absolute Gasteiger partial charge is 0.247 e. The van der Waals surface area contributed by atoms with Crippen molar-refractivity contribution in [1.29, 1.82) is 5.26 Å². The van der Waals surface area contributed by atoms with Crippen LogP contribution in [-0.2, 0) is 42.7 Å². The summed E-state index contributed by atoms with van der Waals surface area (Å²) in [7, 11) is -4.92. The van der Waals surface area contributed by atoms with E-state index in [0.717, 1.165) is 49.9 Å². The predicted octanol–water partition coefficient (Wildman–Crippen LogP) is 7.39. The summed E-state index contributed by atoms with van der Waals surface area (Å²) in [5.41, 5.74) is 2.35. The number of methoxy groups -OCH3 is 2. The summed E-state index contributed by atoms with van der Waals surface area (Å²) < 4.78 is 97.9. The molecule has 8 rings (SSSR count). The highest BCUT2D eigenvalue weighted by Gasteiger charge is 2.38. The van der Waals surface area contributed by atoms with Crippen molar-refractivity contribution in [1.82, 2.24) is 18.4 Å². The lowest BCUT2D eigenvalue weighted by Gasteiger charge is -2.37. The van der Waals surface area contributed by atoms with Gasteiger partial charge in [0.2, 0.25) is 31.9 Å². The second-order valence-corrected chi connectivity index (χ2v) is 21.2. The van der Waals surface area contributed by atoms with Crippen LogP contribution in [-0.4, -0.2) is 126 Å². The lowest BCUT2D eigenvalue weighted by Crippen LogP contribution is -2.48. The summed E-state index contributed by atoms with van der Waals surface area (Å²) in [6, 6.07) is 22.0. The van der Waals surface area contributed by atoms with Crippen molar-refractivity contribution in [2.24, 2.45) is 0 Å². The van der Waals surface area contributed by atoms with E-state index >= 15 is 8.78 Å². The molecule has 0 spiro atoms. The number of hydrogen-bond acceptors (Lipinski definition) is 11. The quantitative estimate of drug-likeness (QED) is 0.124. The second kappa shape index (κ2) is 23.9. The number of ether oxygens (including phenoxy) is 2. The first-order valence-corrected chi connectivity index (χ1v) is 26.8. The van der Waals surface area contributed by atoms with Crippen LogP contribution in [0.5, 0.6) is 11.5 Å². The van der Waals surface area contributed by atoms with Crippen molar-refractivity contribution in [3.05, 3.63) is 107 Å². The van der Waals surface area contributed by atoms with Crippen LogP contribution < -0.4 is 19.3 Å². The molecule has 4 aliphatic rings. The first-order chi connectivity index (χ1) is 33.5. The predicted molar refractivity (Wildman–Crippen MR) is 265 cm³/mol. The Balaban J connectivity index is 0.000000222. The third kappa shape index (κ3) is 12.4. The lowest BCUT2D eigenvalue weighted by atomic mass is 9.93. The van der Waals surface area contributed by atoms with E-state index in [1.807, 2.05) is 41.8 Å². The van der Waals surface area contributed by atoms with Gasteiger partial charge in [-0.25, -0.2) is 25.6 Å². The molecule has 2 heterocycles. The van der Waals surface area contributed by atoms with E-state index < -0.39 is 31.7 Å². The number of benzene rings is 4. The van der Waals surface area contributed by atoms with Gasteiger partial charge in [-0.15, -0.1) is 0 Å². The highest BCUT2D eigenvalue weighted by molar-refractivity contribution is 7.89. The number of nitrogens with zero attached hydrogens (tertiary/aromatic N) is 7. The lowest BCUT2D eigenvalue weighted by molar-refractivity contribution is -0.129. The Morgan fingerprint density at radius 1 is 0.643 bits per heavy atom. The molecule has 19 heteroatoms. The van der Waals surface area contributed by atoms with Crippen molar-refractivity contribution in [2.75, 3.05) is 76.4 Å². The van der Waals surface area contributed by atoms with Gasteiger partial charge in [0.1, 0.15) is 28.0 Å². The van der Waals surface area contributed by atoms with Gasteiger partial charge in [-0.05, 0) is 80.3 Å². The molecule has 2 amide bonds. The van der Waals surface area contributed by atoms with Gasteiger partial charge in [0.15, 0.2) is 0 Å². The topological polar surface area (TPSA) is 164 Å². The fraction of sp³-hybridized carbons (Fsp3) is 0.471. The Labute approximate surface area is 412 Å². The molecule has 2 aliphatic carbocycles. The maximum Gasteiger partial charge on any atom is 0.247 e. The molecule has 0 aromatic heterocycles. The molecule has 2 saturated heterocycles. The van der Waals surface area contributed by atoms with E-state index in [0.29, 0.717) is 69.2 Å². The Bertz CT molecular complexity index is 2730. The summed E-state index contributed by atoms with van der Waals surface area (Å²) in [5.74, 6) is -0.147. The van der Waals surface area contributed by atoms with Gasteiger partial charge in [-0.2, -0.15) is 13.9 Å². The molecule has 4 aromatic carbocycles. The highest BCUT2D eigenvalue weighted by Crippen LogP contribution is 2.37. The monoisotopic (exact) mass is 1010 g/mol. The van der Waals surface area contributed by atoms with Crippen LogP contribution >= 0.6 is 0 Å². The minimum Gasteiger partial charge on any atom is -0.497 e. The average Bonchev–Trinajstić information content (AvgIpc) is 3.34. The number of nitriles is 1. The summed E-state index contributed by atoms with van der Waals surface area (Å²) in [6.45, 7) is 11.8. The van der Waals surface area contributed by atoms with E-state index in [-0.39, 0.29) is 58.1 Å². The molecular weight excluding hydrogens is 941 g/mol. The first-order valence-electron chi connectivity index (χ1n) is 23.9. The van der Waals surface area contributed by atoms with Gasteiger partial charge in [-0.1, -0.05) is 44.9 Å². The van der Waals surface area contributed by atoms with Gasteiger partial charge in [0, 0.05) is 120 Å². The number of amides is 2. The van der Waals surface area contributed by atoms with Crippen LogP contribution in [0.2, 0.25) is 0 Å². The highest BCUT2D eigenvalue weighted by atomic mass is 32.2. The summed E-state index contributed by atoms with van der Waals surface area (Å²) in [4.78, 5) is 30.8. The molecule has 378 valence electrons. The minimum absolute atomic E-state index is 0.0353. The van der Waals surface area contributed by atoms with Gasteiger partial charge >= 0.3 is 0 Å². The zero-order valence-corrected chi connectivity index (χ0v) is 42.6. The Morgan fingerprint density at radius 2 is 1.11 bits per heavy atom. The van der Waals surface area contributed by atoms with Crippen LogP contribution in [0.1, 0.15) is 82.9 Å². The number of carbonyl (C=O) groups is 2. The normalized spacial score (nSPS) is 16.5. The molecular formula is C51H65F2N7O8S2. The molecule has 70 heavy (non-hydrogen) atoms. The first kappa shape index (κ1) is 53.5. The van der Waals surface area contributed by atoms with Crippen molar-refractivity contribution in [3.8, 4) is 17.6 Å². The van der Waals surface area contributed by atoms with Gasteiger partial charge in [0.05, 0.1) is 30.7 Å². The van der Waals surface area contributed by atoms with Crippen molar-refractivity contribution >= 4 is 43.2 Å². The van der Waals surface area contributed by atoms with E-state index in [9.17, 15) is 26.4 Å². The number of hydrogen-bond donors (Lipinski definition) is 0. The van der Waals surface area contributed by atoms with E-state index in [1.54, 1.807) is 54.0 Å². The maximum atomic E-state index is 15.2. The molecule has 4 fully saturated rings. The third-order valence-corrected chi connectivity index (χ3v) is 17.2. The second-order valence-electron chi connectivity index (χ2n) is 17.5. The minimum atomic E-state index is -3.95. The van der Waals surface area contributed by atoms with Crippen LogP contribution in [0.3, 0.4) is 0 Å². The number of rotatable bonds is 14. The number of halogens is 2. The Morgan fingerprint density at radius 3 is 1.50 bits per heavy atom. The summed E-state index contributed by atoms with van der Waals surface area (Å²) in [6.07, 6.45) is 4.80. The van der Waals surface area contributed by atoms with Crippen molar-refractivity contribution < 1.29 is 44.7 Å². The number of carbonyl (C=O) groups excluding carboxylic acids is 2. The number of anilines is 2. The molecule has 0 radical (unpaired) electrons. The van der Waals surface area contributed by atoms with Crippen molar-refractivity contribution in [2.45, 2.75) is 101 Å². The van der Waals surface area contributed by atoms with E-state index in [1.165, 1.54) is 59.2 Å². The molecule has 0 unspecified atom stereocenters. The molecule has 0 bridgehead atoms. The summed E-state index contributed by atoms with van der Waals surface area (Å²) in [5, 5.41) is 9.15. The maximum absolute atomic E-state index is 15.2. The van der Waals surface area contributed by atoms with Crippen LogP contribution in [0.4, 0.5) is 20.2 Å². The molecule has 2 aliphatic heterocycles. The van der Waals surface area contributed by atoms with Crippen molar-refractivity contribution in [3.63, 3.8) is 0 Å². The molecule has 0 N–H and O–H groups in total. The Kier molecular flexibility index (Phi) is 18.3. The zero-order valence-electron chi connectivity index (χ0n) is 40.9. The average molecular weight is 1010 g/mol. The largest absolute Gasteiger partial charge is 0.497 e. The van der Waals surface area contributed by atoms with E-state index in [4.69, 9.17) is 14.7 Å². The van der Waals surface area contributed by atoms with Gasteiger partial charge in [0.25, 0.3) is 0 Å². The Hall–Kier alpha value is -5.81. The molecule has 0 atom stereocenters. The third-order valence-electron chi connectivity index (χ3n) is 13.4. The number of sulfonamides is 2. The fourth-order valence-corrected chi connectivity index (χ4v) is 12.3. The zero-order chi connectivity index (χ0) is 50.8.